The summed E-state index contributed by atoms with van der Waals surface area (Å²) in [5.41, 5.74) is 3.41. The van der Waals surface area contributed by atoms with E-state index in [2.05, 4.69) is 25.8 Å². The molecule has 1 unspecified atom stereocenters. The van der Waals surface area contributed by atoms with Crippen LogP contribution < -0.4 is 0 Å². The molecule has 0 bridgehead atoms. The Morgan fingerprint density at radius 3 is 2.62 bits per heavy atom. The van der Waals surface area contributed by atoms with Crippen molar-refractivity contribution in [2.45, 2.75) is 13.0 Å². The van der Waals surface area contributed by atoms with Crippen LogP contribution in [0.2, 0.25) is 0 Å². The van der Waals surface area contributed by atoms with Crippen molar-refractivity contribution in [3.8, 4) is 0 Å². The minimum Gasteiger partial charge on any atom is -0.503 e. The molecule has 0 radical (unpaired) electrons. The van der Waals surface area contributed by atoms with E-state index in [1.165, 1.54) is 11.3 Å². The van der Waals surface area contributed by atoms with Gasteiger partial charge in [0.15, 0.2) is 10.7 Å². The predicted molar refractivity (Wildman–Crippen MR) is 145 cm³/mol. The van der Waals surface area contributed by atoms with E-state index in [1.54, 1.807) is 4.90 Å². The van der Waals surface area contributed by atoms with Crippen LogP contribution in [-0.4, -0.2) is 75.4 Å². The van der Waals surface area contributed by atoms with Crippen molar-refractivity contribution in [3.05, 3.63) is 80.5 Å². The number of carbonyl (C=O) groups is 2. The fraction of sp³-hybridized carbons (Fsp3) is 0.296. The van der Waals surface area contributed by atoms with Gasteiger partial charge in [0.1, 0.15) is 0 Å². The minimum absolute atomic E-state index is 0.117. The van der Waals surface area contributed by atoms with Gasteiger partial charge in [-0.2, -0.15) is 0 Å². The number of fused-ring (bicyclic) bond motifs is 3. The first-order valence-electron chi connectivity index (χ1n) is 12.1. The number of aromatic nitrogens is 2. The third-order valence-corrected chi connectivity index (χ3v) is 8.76. The third kappa shape index (κ3) is 4.17. The van der Waals surface area contributed by atoms with Crippen LogP contribution in [0, 0.1) is 6.92 Å². The van der Waals surface area contributed by atoms with E-state index in [1.807, 2.05) is 59.9 Å². The van der Waals surface area contributed by atoms with Gasteiger partial charge in [-0.25, -0.2) is 4.98 Å². The van der Waals surface area contributed by atoms with Crippen LogP contribution in [0.4, 0.5) is 0 Å². The number of rotatable bonds is 6. The zero-order chi connectivity index (χ0) is 25.7. The van der Waals surface area contributed by atoms with Gasteiger partial charge in [-0.3, -0.25) is 18.9 Å². The molecule has 37 heavy (non-hydrogen) atoms. The van der Waals surface area contributed by atoms with E-state index in [0.717, 1.165) is 39.9 Å². The lowest BCUT2D eigenvalue weighted by Gasteiger charge is -2.31. The van der Waals surface area contributed by atoms with Crippen LogP contribution in [0.3, 0.4) is 0 Å². The second-order valence-electron chi connectivity index (χ2n) is 9.23. The maximum atomic E-state index is 14.1. The van der Waals surface area contributed by atoms with Gasteiger partial charge in [-0.1, -0.05) is 51.5 Å². The summed E-state index contributed by atoms with van der Waals surface area (Å²) in [6.07, 6.45) is 0. The van der Waals surface area contributed by atoms with Crippen LogP contribution in [0.1, 0.15) is 27.0 Å². The van der Waals surface area contributed by atoms with Gasteiger partial charge < -0.3 is 14.7 Å². The molecule has 1 N–H and O–H groups in total. The quantitative estimate of drug-likeness (QED) is 0.337. The van der Waals surface area contributed by atoms with E-state index in [-0.39, 0.29) is 11.4 Å². The van der Waals surface area contributed by atoms with Gasteiger partial charge in [0.25, 0.3) is 5.91 Å². The Labute approximate surface area is 225 Å². The molecular formula is C27H25BrN4O4S. The first-order valence-corrected chi connectivity index (χ1v) is 13.8. The number of carbonyl (C=O) groups excluding carboxylic acids is 2. The molecule has 6 rings (SSSR count). The van der Waals surface area contributed by atoms with Gasteiger partial charge in [0.05, 0.1) is 40.7 Å². The summed E-state index contributed by atoms with van der Waals surface area (Å²) in [5, 5.41) is 11.1. The molecule has 1 saturated heterocycles. The number of amides is 1. The molecular weight excluding hydrogens is 556 g/mol. The average Bonchev–Trinajstić information content (AvgIpc) is 3.52. The number of hydrogen-bond donors (Lipinski definition) is 1. The number of ether oxygens (including phenoxy) is 1. The van der Waals surface area contributed by atoms with Gasteiger partial charge >= 0.3 is 0 Å². The number of Topliss-reactive ketones (excluding diaryl/α,β-unsaturated/α-hetero) is 1. The Bertz CT molecular complexity index is 1550. The van der Waals surface area contributed by atoms with Crippen molar-refractivity contribution in [3.63, 3.8) is 0 Å². The highest BCUT2D eigenvalue weighted by molar-refractivity contribution is 9.10. The Balaban J connectivity index is 1.40. The van der Waals surface area contributed by atoms with Crippen LogP contribution in [0.5, 0.6) is 0 Å². The van der Waals surface area contributed by atoms with Crippen LogP contribution in [0.15, 0.2) is 64.3 Å². The molecule has 1 fully saturated rings. The number of benzene rings is 2. The fourth-order valence-electron chi connectivity index (χ4n) is 5.18. The molecule has 0 saturated carbocycles. The van der Waals surface area contributed by atoms with E-state index < -0.39 is 17.7 Å². The molecule has 2 aromatic heterocycles. The van der Waals surface area contributed by atoms with Crippen molar-refractivity contribution in [2.75, 3.05) is 39.4 Å². The molecule has 10 heteroatoms. The number of nitrogens with zero attached hydrogens (tertiary/aromatic N) is 4. The van der Waals surface area contributed by atoms with Crippen LogP contribution in [-0.2, 0) is 9.53 Å². The highest BCUT2D eigenvalue weighted by atomic mass is 79.9. The second-order valence-corrected chi connectivity index (χ2v) is 11.1. The van der Waals surface area contributed by atoms with Gasteiger partial charge in [-0.05, 0) is 36.8 Å². The van der Waals surface area contributed by atoms with E-state index >= 15 is 0 Å². The average molecular weight is 581 g/mol. The number of hydrogen-bond acceptors (Lipinski definition) is 7. The SMILES string of the molecule is Cc1c(C(=O)C2=C(O)C(=O)N(CCN3CCOCC3)C2c2ccc(Br)cc2)sc2nc3ccccc3n12. The molecule has 2 aliphatic heterocycles. The molecule has 2 aliphatic rings. The first-order chi connectivity index (χ1) is 17.9. The van der Waals surface area contributed by atoms with Crippen molar-refractivity contribution in [1.29, 1.82) is 0 Å². The van der Waals surface area contributed by atoms with Gasteiger partial charge in [-0.15, -0.1) is 0 Å². The maximum absolute atomic E-state index is 14.1. The Morgan fingerprint density at radius 2 is 1.86 bits per heavy atom. The molecule has 4 heterocycles. The summed E-state index contributed by atoms with van der Waals surface area (Å²) < 4.78 is 8.30. The Kier molecular flexibility index (Phi) is 6.36. The van der Waals surface area contributed by atoms with Gasteiger partial charge in [0.2, 0.25) is 5.78 Å². The summed E-state index contributed by atoms with van der Waals surface area (Å²) in [4.78, 5) is 37.1. The number of aliphatic hydroxyl groups is 1. The van der Waals surface area contributed by atoms with Crippen molar-refractivity contribution >= 4 is 55.0 Å². The minimum atomic E-state index is -0.681. The Hall–Kier alpha value is -3.05. The van der Waals surface area contributed by atoms with E-state index in [0.29, 0.717) is 36.1 Å². The summed E-state index contributed by atoms with van der Waals surface area (Å²) in [6.45, 7) is 5.80. The monoisotopic (exact) mass is 580 g/mol. The topological polar surface area (TPSA) is 87.4 Å². The van der Waals surface area contributed by atoms with Crippen molar-refractivity contribution in [2.24, 2.45) is 0 Å². The molecule has 1 amide bonds. The zero-order valence-corrected chi connectivity index (χ0v) is 22.6. The molecule has 2 aromatic carbocycles. The second kappa shape index (κ2) is 9.68. The van der Waals surface area contributed by atoms with Crippen LogP contribution in [0.25, 0.3) is 16.0 Å². The lowest BCUT2D eigenvalue weighted by atomic mass is 9.95. The number of thiazole rings is 1. The standard InChI is InChI=1S/C27H25BrN4O4S/c1-16-25(37-27-29-19-4-2-3-5-20(19)32(16)27)23(33)21-22(17-6-8-18(28)9-7-17)31(26(35)24(21)34)11-10-30-12-14-36-15-13-30/h2-9,22,34H,10-15H2,1H3. The number of imidazole rings is 1. The molecule has 0 spiro atoms. The lowest BCUT2D eigenvalue weighted by molar-refractivity contribution is -0.129. The maximum Gasteiger partial charge on any atom is 0.290 e. The molecule has 0 aliphatic carbocycles. The normalized spacial score (nSPS) is 19.0. The number of halogens is 1. The molecule has 4 aromatic rings. The van der Waals surface area contributed by atoms with Crippen molar-refractivity contribution < 1.29 is 19.4 Å². The number of ketones is 1. The number of aliphatic hydroxyl groups excluding tert-OH is 1. The molecule has 1 atom stereocenters. The molecule has 190 valence electrons. The summed E-state index contributed by atoms with van der Waals surface area (Å²) >= 11 is 4.75. The number of aryl methyl sites for hydroxylation is 1. The van der Waals surface area contributed by atoms with E-state index in [9.17, 15) is 14.7 Å². The lowest BCUT2D eigenvalue weighted by Crippen LogP contribution is -2.43. The Morgan fingerprint density at radius 1 is 1.14 bits per heavy atom. The van der Waals surface area contributed by atoms with Gasteiger partial charge in [0, 0.05) is 36.3 Å². The summed E-state index contributed by atoms with van der Waals surface area (Å²) in [6, 6.07) is 14.6. The summed E-state index contributed by atoms with van der Waals surface area (Å²) in [5.74, 6) is -1.34. The summed E-state index contributed by atoms with van der Waals surface area (Å²) in [7, 11) is 0. The van der Waals surface area contributed by atoms with Crippen molar-refractivity contribution in [1.82, 2.24) is 19.2 Å². The van der Waals surface area contributed by atoms with Crippen LogP contribution >= 0.6 is 27.3 Å². The highest BCUT2D eigenvalue weighted by Crippen LogP contribution is 2.41. The number of morpholine rings is 1. The zero-order valence-electron chi connectivity index (χ0n) is 20.2. The number of para-hydroxylation sites is 2. The molecule has 8 nitrogen and oxygen atoms in total. The fourth-order valence-corrected chi connectivity index (χ4v) is 6.54. The largest absolute Gasteiger partial charge is 0.503 e. The predicted octanol–water partition coefficient (Wildman–Crippen LogP) is 4.53. The first kappa shape index (κ1) is 24.3. The van der Waals surface area contributed by atoms with E-state index in [4.69, 9.17) is 4.74 Å². The smallest absolute Gasteiger partial charge is 0.290 e. The third-order valence-electron chi connectivity index (χ3n) is 7.09. The highest BCUT2D eigenvalue weighted by Gasteiger charge is 2.44.